The van der Waals surface area contributed by atoms with Crippen molar-refractivity contribution in [2.24, 2.45) is 5.92 Å². The Labute approximate surface area is 209 Å². The second-order valence-electron chi connectivity index (χ2n) is 8.70. The molecule has 0 saturated heterocycles. The highest BCUT2D eigenvalue weighted by Crippen LogP contribution is 2.48. The molecule has 1 N–H and O–H groups in total. The van der Waals surface area contributed by atoms with Crippen LogP contribution in [0.3, 0.4) is 0 Å². The Hall–Kier alpha value is -4.07. The van der Waals surface area contributed by atoms with Crippen LogP contribution in [0.5, 0.6) is 11.5 Å². The number of ether oxygens (including phenoxy) is 4. The van der Waals surface area contributed by atoms with Crippen LogP contribution in [0.1, 0.15) is 36.3 Å². The first-order valence-corrected chi connectivity index (χ1v) is 11.5. The van der Waals surface area contributed by atoms with Crippen molar-refractivity contribution < 1.29 is 33.3 Å². The third-order valence-electron chi connectivity index (χ3n) is 6.87. The number of carbonyl (C=O) groups is 3. The summed E-state index contributed by atoms with van der Waals surface area (Å²) in [7, 11) is 5.72. The third-order valence-corrected chi connectivity index (χ3v) is 6.87. The molecule has 1 heterocycles. The van der Waals surface area contributed by atoms with Crippen LogP contribution < -0.4 is 14.8 Å². The molecule has 0 spiro atoms. The first-order valence-electron chi connectivity index (χ1n) is 11.5. The highest BCUT2D eigenvalue weighted by Gasteiger charge is 2.48. The second-order valence-corrected chi connectivity index (χ2v) is 8.70. The van der Waals surface area contributed by atoms with Gasteiger partial charge in [0, 0.05) is 28.8 Å². The molecule has 0 fully saturated rings. The van der Waals surface area contributed by atoms with Gasteiger partial charge in [-0.3, -0.25) is 9.59 Å². The molecule has 0 radical (unpaired) electrons. The molecule has 0 saturated carbocycles. The molecule has 3 atom stereocenters. The van der Waals surface area contributed by atoms with Gasteiger partial charge in [0.05, 0.1) is 34.0 Å². The topological polar surface area (TPSA) is 100 Å². The Kier molecular flexibility index (Phi) is 7.15. The SMILES string of the molecule is COC(=O)C1=C(C)NC2=C(C(=O)C(C(=O)OC)C(c3ccc(OC)cc3)C2)C1c1ccc(OC)cc1. The van der Waals surface area contributed by atoms with E-state index in [-0.39, 0.29) is 5.78 Å². The lowest BCUT2D eigenvalue weighted by molar-refractivity contribution is -0.150. The molecule has 1 aliphatic heterocycles. The maximum Gasteiger partial charge on any atom is 0.336 e. The smallest absolute Gasteiger partial charge is 0.336 e. The molecule has 2 aliphatic rings. The average Bonchev–Trinajstić information content (AvgIpc) is 2.91. The Balaban J connectivity index is 1.88. The summed E-state index contributed by atoms with van der Waals surface area (Å²) in [5.41, 5.74) is 3.48. The van der Waals surface area contributed by atoms with Gasteiger partial charge < -0.3 is 24.3 Å². The van der Waals surface area contributed by atoms with Crippen LogP contribution in [0.2, 0.25) is 0 Å². The van der Waals surface area contributed by atoms with Gasteiger partial charge in [0.15, 0.2) is 5.78 Å². The van der Waals surface area contributed by atoms with E-state index in [1.165, 1.54) is 14.2 Å². The Morgan fingerprint density at radius 3 is 1.89 bits per heavy atom. The zero-order valence-electron chi connectivity index (χ0n) is 20.9. The van der Waals surface area contributed by atoms with Crippen molar-refractivity contribution in [2.75, 3.05) is 28.4 Å². The van der Waals surface area contributed by atoms with Gasteiger partial charge in [-0.2, -0.15) is 0 Å². The number of carbonyl (C=O) groups excluding carboxylic acids is 3. The molecule has 2 aromatic carbocycles. The molecule has 0 amide bonds. The summed E-state index contributed by atoms with van der Waals surface area (Å²) < 4.78 is 20.7. The minimum atomic E-state index is -1.07. The highest BCUT2D eigenvalue weighted by atomic mass is 16.5. The van der Waals surface area contributed by atoms with E-state index in [1.807, 2.05) is 24.3 Å². The van der Waals surface area contributed by atoms with Crippen LogP contribution >= 0.6 is 0 Å². The predicted octanol–water partition coefficient (Wildman–Crippen LogP) is 3.64. The summed E-state index contributed by atoms with van der Waals surface area (Å²) in [5, 5.41) is 3.27. The molecule has 0 bridgehead atoms. The van der Waals surface area contributed by atoms with Crippen LogP contribution in [0.15, 0.2) is 71.1 Å². The van der Waals surface area contributed by atoms with Crippen molar-refractivity contribution in [2.45, 2.75) is 25.2 Å². The van der Waals surface area contributed by atoms with Gasteiger partial charge in [-0.25, -0.2) is 4.79 Å². The number of Topliss-reactive ketones (excluding diaryl/α,β-unsaturated/α-hetero) is 1. The van der Waals surface area contributed by atoms with E-state index in [0.717, 1.165) is 5.56 Å². The largest absolute Gasteiger partial charge is 0.497 e. The van der Waals surface area contributed by atoms with E-state index in [1.54, 1.807) is 45.4 Å². The highest BCUT2D eigenvalue weighted by molar-refractivity contribution is 6.13. The lowest BCUT2D eigenvalue weighted by Crippen LogP contribution is -2.43. The van der Waals surface area contributed by atoms with E-state index in [4.69, 9.17) is 18.9 Å². The van der Waals surface area contributed by atoms with Crippen molar-refractivity contribution in [3.8, 4) is 11.5 Å². The van der Waals surface area contributed by atoms with E-state index in [9.17, 15) is 14.4 Å². The van der Waals surface area contributed by atoms with Gasteiger partial charge in [-0.15, -0.1) is 0 Å². The zero-order valence-corrected chi connectivity index (χ0v) is 20.9. The van der Waals surface area contributed by atoms with Crippen LogP contribution in [-0.2, 0) is 23.9 Å². The second kappa shape index (κ2) is 10.3. The van der Waals surface area contributed by atoms with E-state index >= 15 is 0 Å². The number of allylic oxidation sites excluding steroid dienone is 3. The monoisotopic (exact) mass is 491 g/mol. The number of hydrogen-bond donors (Lipinski definition) is 1. The fourth-order valence-electron chi connectivity index (χ4n) is 5.11. The van der Waals surface area contributed by atoms with Gasteiger partial charge >= 0.3 is 11.9 Å². The van der Waals surface area contributed by atoms with Gasteiger partial charge in [-0.1, -0.05) is 24.3 Å². The van der Waals surface area contributed by atoms with Crippen molar-refractivity contribution in [3.05, 3.63) is 82.2 Å². The van der Waals surface area contributed by atoms with Gasteiger partial charge in [0.2, 0.25) is 0 Å². The summed E-state index contributed by atoms with van der Waals surface area (Å²) in [6, 6.07) is 14.5. The van der Waals surface area contributed by atoms with Gasteiger partial charge in [0.1, 0.15) is 17.4 Å². The molecule has 188 valence electrons. The van der Waals surface area contributed by atoms with Crippen molar-refractivity contribution in [3.63, 3.8) is 0 Å². The molecular weight excluding hydrogens is 462 g/mol. The molecule has 2 aromatic rings. The normalized spacial score (nSPS) is 21.4. The first kappa shape index (κ1) is 25.0. The lowest BCUT2D eigenvalue weighted by Gasteiger charge is -2.39. The van der Waals surface area contributed by atoms with Crippen LogP contribution in [0, 0.1) is 5.92 Å². The molecule has 0 aromatic heterocycles. The molecule has 3 unspecified atom stereocenters. The summed E-state index contributed by atoms with van der Waals surface area (Å²) >= 11 is 0. The third kappa shape index (κ3) is 4.34. The van der Waals surface area contributed by atoms with Crippen molar-refractivity contribution >= 4 is 17.7 Å². The Morgan fingerprint density at radius 1 is 0.833 bits per heavy atom. The maximum atomic E-state index is 14.1. The number of dihydropyridines is 1. The lowest BCUT2D eigenvalue weighted by atomic mass is 9.67. The molecular formula is C28H29NO7. The maximum absolute atomic E-state index is 14.1. The van der Waals surface area contributed by atoms with E-state index in [2.05, 4.69) is 5.32 Å². The molecule has 1 aliphatic carbocycles. The van der Waals surface area contributed by atoms with Crippen molar-refractivity contribution in [1.29, 1.82) is 0 Å². The standard InChI is InChI=1S/C28H29NO7/c1-15-22(27(31)35-4)23(17-8-12-19(34-3)13-9-17)25-21(29-15)14-20(24(26(25)30)28(32)36-5)16-6-10-18(33-2)11-7-16/h6-13,20,23-24,29H,14H2,1-5H3. The quantitative estimate of drug-likeness (QED) is 0.483. The van der Waals surface area contributed by atoms with Crippen LogP contribution in [-0.4, -0.2) is 46.2 Å². The van der Waals surface area contributed by atoms with Gasteiger partial charge in [0.25, 0.3) is 0 Å². The van der Waals surface area contributed by atoms with E-state index in [0.29, 0.717) is 46.0 Å². The summed E-state index contributed by atoms with van der Waals surface area (Å²) in [5.74, 6) is -2.47. The summed E-state index contributed by atoms with van der Waals surface area (Å²) in [6.07, 6.45) is 0.381. The Morgan fingerprint density at radius 2 is 1.39 bits per heavy atom. The zero-order chi connectivity index (χ0) is 26.0. The summed E-state index contributed by atoms with van der Waals surface area (Å²) in [6.45, 7) is 1.78. The first-order chi connectivity index (χ1) is 17.3. The van der Waals surface area contributed by atoms with Crippen LogP contribution in [0.25, 0.3) is 0 Å². The number of ketones is 1. The average molecular weight is 492 g/mol. The summed E-state index contributed by atoms with van der Waals surface area (Å²) in [4.78, 5) is 40.0. The minimum Gasteiger partial charge on any atom is -0.497 e. The molecule has 36 heavy (non-hydrogen) atoms. The van der Waals surface area contributed by atoms with Gasteiger partial charge in [-0.05, 0) is 48.7 Å². The minimum absolute atomic E-state index is 0.321. The number of esters is 2. The fourth-order valence-corrected chi connectivity index (χ4v) is 5.11. The Bertz CT molecular complexity index is 1240. The number of rotatable bonds is 6. The predicted molar refractivity (Wildman–Crippen MR) is 131 cm³/mol. The molecule has 8 heteroatoms. The van der Waals surface area contributed by atoms with Crippen LogP contribution in [0.4, 0.5) is 0 Å². The number of hydrogen-bond acceptors (Lipinski definition) is 8. The molecule has 4 rings (SSSR count). The van der Waals surface area contributed by atoms with Crippen molar-refractivity contribution in [1.82, 2.24) is 5.32 Å². The number of methoxy groups -OCH3 is 4. The van der Waals surface area contributed by atoms with E-state index < -0.39 is 29.7 Å². The fraction of sp³-hybridized carbons (Fsp3) is 0.321. The number of benzene rings is 2. The molecule has 8 nitrogen and oxygen atoms in total. The number of nitrogens with one attached hydrogen (secondary N) is 1.